The number of hydrogen-bond donors (Lipinski definition) is 2. The van der Waals surface area contributed by atoms with Crippen LogP contribution in [0.3, 0.4) is 0 Å². The predicted molar refractivity (Wildman–Crippen MR) is 109 cm³/mol. The lowest BCUT2D eigenvalue weighted by atomic mass is 10.0. The van der Waals surface area contributed by atoms with Crippen molar-refractivity contribution < 1.29 is 0 Å². The number of unbranched alkanes of at least 4 members (excludes halogenated alkanes) is 7. The minimum atomic E-state index is -0.0233. The van der Waals surface area contributed by atoms with Gasteiger partial charge >= 0.3 is 0 Å². The third kappa shape index (κ3) is 6.81. The maximum absolute atomic E-state index is 6.00. The van der Waals surface area contributed by atoms with Gasteiger partial charge in [0.2, 0.25) is 0 Å². The highest BCUT2D eigenvalue weighted by atomic mass is 15.1. The second-order valence-corrected chi connectivity index (χ2v) is 7.59. The van der Waals surface area contributed by atoms with E-state index >= 15 is 0 Å². The minimum absolute atomic E-state index is 0.0233. The second-order valence-electron chi connectivity index (χ2n) is 7.59. The molecule has 0 aromatic heterocycles. The lowest BCUT2D eigenvalue weighted by molar-refractivity contribution is 0.575. The minimum Gasteiger partial charge on any atom is -0.386 e. The molecule has 1 aliphatic rings. The van der Waals surface area contributed by atoms with E-state index in [4.69, 9.17) is 5.73 Å². The standard InChI is InChI=1S/C22H37N3/c1-3-4-5-6-7-8-9-10-11-19-12-14-20(15-13-19)18-25-22(16-17-22)21(23)24-2/h12-15,25H,3-11,16-18H2,1-2H3,(H2,23,24). The van der Waals surface area contributed by atoms with E-state index in [1.807, 2.05) is 0 Å². The molecule has 1 aromatic carbocycles. The Morgan fingerprint density at radius 3 is 2.08 bits per heavy atom. The summed E-state index contributed by atoms with van der Waals surface area (Å²) in [6, 6.07) is 9.08. The van der Waals surface area contributed by atoms with E-state index in [1.165, 1.54) is 68.9 Å². The first-order valence-electron chi connectivity index (χ1n) is 10.3. The summed E-state index contributed by atoms with van der Waals surface area (Å²) in [4.78, 5) is 4.15. The van der Waals surface area contributed by atoms with Crippen LogP contribution in [-0.2, 0) is 13.0 Å². The Labute approximate surface area is 154 Å². The zero-order valence-corrected chi connectivity index (χ0v) is 16.3. The van der Waals surface area contributed by atoms with E-state index in [9.17, 15) is 0 Å². The van der Waals surface area contributed by atoms with Crippen LogP contribution >= 0.6 is 0 Å². The summed E-state index contributed by atoms with van der Waals surface area (Å²) in [6.45, 7) is 3.15. The first-order chi connectivity index (χ1) is 12.2. The van der Waals surface area contributed by atoms with Gasteiger partial charge in [-0.3, -0.25) is 4.99 Å². The van der Waals surface area contributed by atoms with Crippen LogP contribution in [0.25, 0.3) is 0 Å². The number of aliphatic imine (C=N–C) groups is 1. The van der Waals surface area contributed by atoms with Gasteiger partial charge in [-0.15, -0.1) is 0 Å². The van der Waals surface area contributed by atoms with Gasteiger partial charge < -0.3 is 11.1 Å². The van der Waals surface area contributed by atoms with Crippen LogP contribution in [0.1, 0.15) is 82.3 Å². The number of hydrogen-bond acceptors (Lipinski definition) is 2. The van der Waals surface area contributed by atoms with Gasteiger partial charge in [-0.2, -0.15) is 0 Å². The first-order valence-corrected chi connectivity index (χ1v) is 10.3. The van der Waals surface area contributed by atoms with Gasteiger partial charge in [-0.25, -0.2) is 0 Å². The van der Waals surface area contributed by atoms with Crippen LogP contribution in [0, 0.1) is 0 Å². The maximum Gasteiger partial charge on any atom is 0.114 e. The number of benzene rings is 1. The van der Waals surface area contributed by atoms with E-state index in [0.717, 1.165) is 25.2 Å². The molecule has 0 bridgehead atoms. The van der Waals surface area contributed by atoms with E-state index < -0.39 is 0 Å². The second kappa shape index (κ2) is 10.6. The summed E-state index contributed by atoms with van der Waals surface area (Å²) in [5.74, 6) is 0.749. The number of amidine groups is 1. The number of nitrogens with one attached hydrogen (secondary N) is 1. The molecule has 1 aliphatic carbocycles. The Hall–Kier alpha value is -1.35. The molecule has 0 amide bonds. The topological polar surface area (TPSA) is 50.4 Å². The summed E-state index contributed by atoms with van der Waals surface area (Å²) < 4.78 is 0. The van der Waals surface area contributed by atoms with Crippen molar-refractivity contribution in [2.24, 2.45) is 10.7 Å². The largest absolute Gasteiger partial charge is 0.386 e. The van der Waals surface area contributed by atoms with Crippen molar-refractivity contribution in [3.8, 4) is 0 Å². The SMILES string of the molecule is CCCCCCCCCCc1ccc(CNC2(C(N)=NC)CC2)cc1. The van der Waals surface area contributed by atoms with Crippen LogP contribution in [0.4, 0.5) is 0 Å². The van der Waals surface area contributed by atoms with E-state index in [-0.39, 0.29) is 5.54 Å². The fourth-order valence-electron chi connectivity index (χ4n) is 3.42. The Balaban J connectivity index is 1.60. The van der Waals surface area contributed by atoms with E-state index in [0.29, 0.717) is 0 Å². The highest BCUT2D eigenvalue weighted by molar-refractivity contribution is 5.92. The fraction of sp³-hybridized carbons (Fsp3) is 0.682. The number of aryl methyl sites for hydroxylation is 1. The first kappa shape index (κ1) is 20.0. The van der Waals surface area contributed by atoms with Crippen LogP contribution in [0.15, 0.2) is 29.3 Å². The molecule has 1 fully saturated rings. The summed E-state index contributed by atoms with van der Waals surface area (Å²) in [7, 11) is 1.77. The Kier molecular flexibility index (Phi) is 8.47. The molecule has 0 spiro atoms. The molecule has 0 atom stereocenters. The van der Waals surface area contributed by atoms with Crippen molar-refractivity contribution in [1.29, 1.82) is 0 Å². The Morgan fingerprint density at radius 1 is 0.960 bits per heavy atom. The van der Waals surface area contributed by atoms with Gasteiger partial charge in [0.25, 0.3) is 0 Å². The van der Waals surface area contributed by atoms with Crippen molar-refractivity contribution in [3.05, 3.63) is 35.4 Å². The summed E-state index contributed by atoms with van der Waals surface area (Å²) >= 11 is 0. The van der Waals surface area contributed by atoms with Gasteiger partial charge in [-0.1, -0.05) is 76.1 Å². The van der Waals surface area contributed by atoms with Gasteiger partial charge in [0, 0.05) is 13.6 Å². The molecule has 25 heavy (non-hydrogen) atoms. The van der Waals surface area contributed by atoms with Crippen LogP contribution in [-0.4, -0.2) is 18.4 Å². The van der Waals surface area contributed by atoms with Crippen LogP contribution < -0.4 is 11.1 Å². The highest BCUT2D eigenvalue weighted by Crippen LogP contribution is 2.35. The Morgan fingerprint density at radius 2 is 1.52 bits per heavy atom. The molecule has 3 nitrogen and oxygen atoms in total. The molecule has 0 radical (unpaired) electrons. The van der Waals surface area contributed by atoms with Crippen molar-refractivity contribution in [2.45, 2.75) is 89.6 Å². The predicted octanol–water partition coefficient (Wildman–Crippen LogP) is 4.98. The summed E-state index contributed by atoms with van der Waals surface area (Å²) in [6.07, 6.45) is 14.5. The quantitative estimate of drug-likeness (QED) is 0.301. The summed E-state index contributed by atoms with van der Waals surface area (Å²) in [5, 5.41) is 3.58. The molecule has 3 N–H and O–H groups in total. The van der Waals surface area contributed by atoms with Crippen LogP contribution in [0.2, 0.25) is 0 Å². The average molecular weight is 344 g/mol. The molecule has 0 heterocycles. The lowest BCUT2D eigenvalue weighted by Gasteiger charge is -2.16. The Bertz CT molecular complexity index is 515. The third-order valence-electron chi connectivity index (χ3n) is 5.45. The number of rotatable bonds is 13. The van der Waals surface area contributed by atoms with Crippen molar-refractivity contribution in [3.63, 3.8) is 0 Å². The lowest BCUT2D eigenvalue weighted by Crippen LogP contribution is -2.43. The monoisotopic (exact) mass is 343 g/mol. The molecule has 0 saturated heterocycles. The van der Waals surface area contributed by atoms with Crippen molar-refractivity contribution in [1.82, 2.24) is 5.32 Å². The molecule has 1 aromatic rings. The number of nitrogens with two attached hydrogens (primary N) is 1. The summed E-state index contributed by atoms with van der Waals surface area (Å²) in [5.41, 5.74) is 8.77. The third-order valence-corrected chi connectivity index (χ3v) is 5.45. The van der Waals surface area contributed by atoms with Crippen molar-refractivity contribution in [2.75, 3.05) is 7.05 Å². The van der Waals surface area contributed by atoms with E-state index in [2.05, 4.69) is 41.5 Å². The van der Waals surface area contributed by atoms with Crippen molar-refractivity contribution >= 4 is 5.84 Å². The molecule has 0 unspecified atom stereocenters. The molecule has 1 saturated carbocycles. The molecular formula is C22H37N3. The van der Waals surface area contributed by atoms with Gasteiger partial charge in [-0.05, 0) is 36.8 Å². The van der Waals surface area contributed by atoms with Gasteiger partial charge in [0.1, 0.15) is 5.84 Å². The normalized spacial score (nSPS) is 16.2. The molecule has 0 aliphatic heterocycles. The fourth-order valence-corrected chi connectivity index (χ4v) is 3.42. The molecular weight excluding hydrogens is 306 g/mol. The average Bonchev–Trinajstić information content (AvgIpc) is 3.44. The number of nitrogens with zero attached hydrogens (tertiary/aromatic N) is 1. The molecule has 140 valence electrons. The zero-order chi connectivity index (χ0) is 18.0. The molecule has 2 rings (SSSR count). The smallest absolute Gasteiger partial charge is 0.114 e. The zero-order valence-electron chi connectivity index (χ0n) is 16.3. The van der Waals surface area contributed by atoms with Gasteiger partial charge in [0.15, 0.2) is 0 Å². The van der Waals surface area contributed by atoms with Crippen LogP contribution in [0.5, 0.6) is 0 Å². The maximum atomic E-state index is 6.00. The van der Waals surface area contributed by atoms with E-state index in [1.54, 1.807) is 7.05 Å². The van der Waals surface area contributed by atoms with Gasteiger partial charge in [0.05, 0.1) is 5.54 Å². The molecule has 3 heteroatoms. The highest BCUT2D eigenvalue weighted by Gasteiger charge is 2.45.